The Balaban J connectivity index is 2.18. The lowest BCUT2D eigenvalue weighted by Gasteiger charge is -2.14. The number of ether oxygens (including phenoxy) is 1. The highest BCUT2D eigenvalue weighted by Gasteiger charge is 2.08. The molecular formula is C16H17BrClNO. The van der Waals surface area contributed by atoms with Crippen LogP contribution in [0.2, 0.25) is 5.02 Å². The summed E-state index contributed by atoms with van der Waals surface area (Å²) in [5.41, 5.74) is 8.87. The first-order chi connectivity index (χ1) is 9.61. The molecule has 0 spiro atoms. The first-order valence-electron chi connectivity index (χ1n) is 6.47. The van der Waals surface area contributed by atoms with Crippen LogP contribution in [-0.4, -0.2) is 6.54 Å². The van der Waals surface area contributed by atoms with Gasteiger partial charge in [0.25, 0.3) is 0 Å². The maximum absolute atomic E-state index is 6.21. The first kappa shape index (κ1) is 15.4. The van der Waals surface area contributed by atoms with Crippen LogP contribution in [0.25, 0.3) is 0 Å². The molecule has 2 N–H and O–H groups in total. The van der Waals surface area contributed by atoms with Crippen molar-refractivity contribution in [1.82, 2.24) is 0 Å². The standard InChI is InChI=1S/C16H17BrClNO/c1-11-3-2-4-12(7-8-19)16(11)20-10-13-5-6-14(17)9-15(13)18/h2-6,9H,7-8,10,19H2,1H3. The van der Waals surface area contributed by atoms with Gasteiger partial charge < -0.3 is 10.5 Å². The van der Waals surface area contributed by atoms with Crippen molar-refractivity contribution in [2.45, 2.75) is 20.0 Å². The van der Waals surface area contributed by atoms with Gasteiger partial charge in [-0.3, -0.25) is 0 Å². The van der Waals surface area contributed by atoms with Gasteiger partial charge in [-0.05, 0) is 43.1 Å². The minimum absolute atomic E-state index is 0.453. The van der Waals surface area contributed by atoms with Crippen molar-refractivity contribution < 1.29 is 4.74 Å². The van der Waals surface area contributed by atoms with Crippen molar-refractivity contribution in [2.24, 2.45) is 5.73 Å². The number of rotatable bonds is 5. The van der Waals surface area contributed by atoms with E-state index in [1.165, 1.54) is 0 Å². The molecule has 0 saturated heterocycles. The van der Waals surface area contributed by atoms with E-state index in [0.29, 0.717) is 18.2 Å². The highest BCUT2D eigenvalue weighted by molar-refractivity contribution is 9.10. The summed E-state index contributed by atoms with van der Waals surface area (Å²) in [7, 11) is 0. The van der Waals surface area contributed by atoms with Crippen molar-refractivity contribution >= 4 is 27.5 Å². The molecular weight excluding hydrogens is 338 g/mol. The van der Waals surface area contributed by atoms with Crippen LogP contribution in [-0.2, 0) is 13.0 Å². The molecule has 2 aromatic rings. The third kappa shape index (κ3) is 3.75. The summed E-state index contributed by atoms with van der Waals surface area (Å²) in [6.07, 6.45) is 0.811. The summed E-state index contributed by atoms with van der Waals surface area (Å²) in [5.74, 6) is 0.914. The lowest BCUT2D eigenvalue weighted by molar-refractivity contribution is 0.301. The monoisotopic (exact) mass is 353 g/mol. The average Bonchev–Trinajstić information content (AvgIpc) is 2.40. The summed E-state index contributed by atoms with van der Waals surface area (Å²) in [5, 5.41) is 0.702. The van der Waals surface area contributed by atoms with Crippen LogP contribution in [0.3, 0.4) is 0 Å². The fraction of sp³-hybridized carbons (Fsp3) is 0.250. The molecule has 0 aromatic heterocycles. The number of hydrogen-bond acceptors (Lipinski definition) is 2. The fourth-order valence-corrected chi connectivity index (χ4v) is 2.79. The Bertz CT molecular complexity index is 601. The molecule has 0 unspecified atom stereocenters. The highest BCUT2D eigenvalue weighted by atomic mass is 79.9. The zero-order valence-electron chi connectivity index (χ0n) is 11.3. The molecule has 2 aromatic carbocycles. The van der Waals surface area contributed by atoms with Gasteiger partial charge in [0.1, 0.15) is 12.4 Å². The van der Waals surface area contributed by atoms with E-state index in [9.17, 15) is 0 Å². The van der Waals surface area contributed by atoms with Crippen molar-refractivity contribution in [2.75, 3.05) is 6.54 Å². The Kier molecular flexibility index (Phi) is 5.46. The predicted octanol–water partition coefficient (Wildman–Crippen LogP) is 4.49. The van der Waals surface area contributed by atoms with Crippen LogP contribution >= 0.6 is 27.5 Å². The molecule has 0 aliphatic carbocycles. The highest BCUT2D eigenvalue weighted by Crippen LogP contribution is 2.27. The van der Waals surface area contributed by atoms with Gasteiger partial charge in [-0.2, -0.15) is 0 Å². The Morgan fingerprint density at radius 1 is 1.20 bits per heavy atom. The van der Waals surface area contributed by atoms with Crippen molar-refractivity contribution in [1.29, 1.82) is 0 Å². The smallest absolute Gasteiger partial charge is 0.125 e. The van der Waals surface area contributed by atoms with E-state index in [-0.39, 0.29) is 0 Å². The second kappa shape index (κ2) is 7.11. The molecule has 0 radical (unpaired) electrons. The van der Waals surface area contributed by atoms with Gasteiger partial charge in [-0.15, -0.1) is 0 Å². The first-order valence-corrected chi connectivity index (χ1v) is 7.64. The van der Waals surface area contributed by atoms with E-state index in [2.05, 4.69) is 22.0 Å². The van der Waals surface area contributed by atoms with Crippen LogP contribution in [0.1, 0.15) is 16.7 Å². The third-order valence-corrected chi connectivity index (χ3v) is 3.94. The van der Waals surface area contributed by atoms with Gasteiger partial charge in [-0.25, -0.2) is 0 Å². The summed E-state index contributed by atoms with van der Waals surface area (Å²) in [6, 6.07) is 11.9. The molecule has 20 heavy (non-hydrogen) atoms. The van der Waals surface area contributed by atoms with E-state index >= 15 is 0 Å². The van der Waals surface area contributed by atoms with Crippen LogP contribution in [0.4, 0.5) is 0 Å². The third-order valence-electron chi connectivity index (χ3n) is 3.09. The molecule has 0 amide bonds. The lowest BCUT2D eigenvalue weighted by Crippen LogP contribution is -2.06. The van der Waals surface area contributed by atoms with Gasteiger partial charge >= 0.3 is 0 Å². The van der Waals surface area contributed by atoms with E-state index in [0.717, 1.165) is 33.3 Å². The Hall–Kier alpha value is -1.03. The number of halogens is 2. The van der Waals surface area contributed by atoms with Crippen molar-refractivity contribution in [3.8, 4) is 5.75 Å². The van der Waals surface area contributed by atoms with E-state index < -0.39 is 0 Å². The maximum Gasteiger partial charge on any atom is 0.125 e. The molecule has 0 saturated carbocycles. The molecule has 0 bridgehead atoms. The number of nitrogens with two attached hydrogens (primary N) is 1. The van der Waals surface area contributed by atoms with Gasteiger partial charge in [-0.1, -0.05) is 51.8 Å². The molecule has 0 fully saturated rings. The number of aryl methyl sites for hydroxylation is 1. The van der Waals surface area contributed by atoms with Gasteiger partial charge in [0.2, 0.25) is 0 Å². The van der Waals surface area contributed by atoms with E-state index in [1.54, 1.807) is 0 Å². The predicted molar refractivity (Wildman–Crippen MR) is 87.4 cm³/mol. The quantitative estimate of drug-likeness (QED) is 0.858. The van der Waals surface area contributed by atoms with Crippen LogP contribution in [0.5, 0.6) is 5.75 Å². The fourth-order valence-electron chi connectivity index (χ4n) is 2.06. The van der Waals surface area contributed by atoms with Crippen molar-refractivity contribution in [3.63, 3.8) is 0 Å². The molecule has 2 rings (SSSR count). The number of para-hydroxylation sites is 1. The molecule has 0 aliphatic heterocycles. The largest absolute Gasteiger partial charge is 0.488 e. The minimum atomic E-state index is 0.453. The summed E-state index contributed by atoms with van der Waals surface area (Å²) in [6.45, 7) is 3.10. The molecule has 0 heterocycles. The van der Waals surface area contributed by atoms with Crippen LogP contribution in [0.15, 0.2) is 40.9 Å². The van der Waals surface area contributed by atoms with Gasteiger partial charge in [0, 0.05) is 15.1 Å². The van der Waals surface area contributed by atoms with Gasteiger partial charge in [0.05, 0.1) is 0 Å². The maximum atomic E-state index is 6.21. The molecule has 4 heteroatoms. The van der Waals surface area contributed by atoms with E-state index in [1.807, 2.05) is 37.3 Å². The molecule has 0 atom stereocenters. The number of benzene rings is 2. The Labute approximate surface area is 133 Å². The summed E-state index contributed by atoms with van der Waals surface area (Å²) >= 11 is 9.60. The van der Waals surface area contributed by atoms with E-state index in [4.69, 9.17) is 22.1 Å². The SMILES string of the molecule is Cc1cccc(CCN)c1OCc1ccc(Br)cc1Cl. The lowest BCUT2D eigenvalue weighted by atomic mass is 10.1. The summed E-state index contributed by atoms with van der Waals surface area (Å²) in [4.78, 5) is 0. The average molecular weight is 355 g/mol. The Morgan fingerprint density at radius 2 is 2.00 bits per heavy atom. The second-order valence-electron chi connectivity index (χ2n) is 4.63. The normalized spacial score (nSPS) is 10.6. The zero-order chi connectivity index (χ0) is 14.5. The topological polar surface area (TPSA) is 35.2 Å². The van der Waals surface area contributed by atoms with Crippen LogP contribution < -0.4 is 10.5 Å². The Morgan fingerprint density at radius 3 is 2.70 bits per heavy atom. The zero-order valence-corrected chi connectivity index (χ0v) is 13.7. The van der Waals surface area contributed by atoms with Gasteiger partial charge in [0.15, 0.2) is 0 Å². The molecule has 106 valence electrons. The molecule has 2 nitrogen and oxygen atoms in total. The van der Waals surface area contributed by atoms with Crippen molar-refractivity contribution in [3.05, 3.63) is 62.6 Å². The number of hydrogen-bond donors (Lipinski definition) is 1. The molecule has 0 aliphatic rings. The second-order valence-corrected chi connectivity index (χ2v) is 5.95. The van der Waals surface area contributed by atoms with Crippen LogP contribution in [0, 0.1) is 6.92 Å². The minimum Gasteiger partial charge on any atom is -0.488 e. The summed E-state index contributed by atoms with van der Waals surface area (Å²) < 4.78 is 6.94.